The van der Waals surface area contributed by atoms with E-state index in [4.69, 9.17) is 4.98 Å². The zero-order valence-electron chi connectivity index (χ0n) is 14.1. The van der Waals surface area contributed by atoms with E-state index >= 15 is 0 Å². The Bertz CT molecular complexity index is 437. The van der Waals surface area contributed by atoms with Crippen LogP contribution in [0.15, 0.2) is 0 Å². The molecule has 1 aromatic rings. The fraction of sp³-hybridized carbons (Fsp3) is 0.812. The standard InChI is InChI=1S/C16H30N4S/c1-6-12(3)19-8-10-20(11-9-19)16-18-14(5)15(21-16)13(4)17-7-2/h12-13,17H,6-11H2,1-5H3. The van der Waals surface area contributed by atoms with Crippen LogP contribution in [0.3, 0.4) is 0 Å². The highest BCUT2D eigenvalue weighted by Gasteiger charge is 2.23. The summed E-state index contributed by atoms with van der Waals surface area (Å²) in [5.41, 5.74) is 1.19. The molecule has 1 saturated heterocycles. The Morgan fingerprint density at radius 2 is 1.86 bits per heavy atom. The summed E-state index contributed by atoms with van der Waals surface area (Å²) in [6.07, 6.45) is 1.24. The van der Waals surface area contributed by atoms with Crippen LogP contribution in [0.25, 0.3) is 0 Å². The first-order chi connectivity index (χ1) is 10.1. The highest BCUT2D eigenvalue weighted by molar-refractivity contribution is 7.15. The predicted molar refractivity (Wildman–Crippen MR) is 92.5 cm³/mol. The van der Waals surface area contributed by atoms with Gasteiger partial charge >= 0.3 is 0 Å². The summed E-state index contributed by atoms with van der Waals surface area (Å²) in [5.74, 6) is 0. The zero-order valence-corrected chi connectivity index (χ0v) is 15.0. The van der Waals surface area contributed by atoms with E-state index in [1.807, 2.05) is 11.3 Å². The van der Waals surface area contributed by atoms with Crippen molar-refractivity contribution in [3.63, 3.8) is 0 Å². The lowest BCUT2D eigenvalue weighted by molar-refractivity contribution is 0.193. The molecule has 0 amide bonds. The number of hydrogen-bond acceptors (Lipinski definition) is 5. The number of thiazole rings is 1. The van der Waals surface area contributed by atoms with Gasteiger partial charge in [0.2, 0.25) is 0 Å². The first kappa shape index (κ1) is 16.7. The maximum absolute atomic E-state index is 4.81. The minimum Gasteiger partial charge on any atom is -0.346 e. The lowest BCUT2D eigenvalue weighted by Gasteiger charge is -2.37. The molecule has 0 aliphatic carbocycles. The van der Waals surface area contributed by atoms with E-state index in [2.05, 4.69) is 49.7 Å². The van der Waals surface area contributed by atoms with Gasteiger partial charge in [-0.2, -0.15) is 0 Å². The van der Waals surface area contributed by atoms with Crippen LogP contribution in [0.2, 0.25) is 0 Å². The van der Waals surface area contributed by atoms with Gasteiger partial charge < -0.3 is 10.2 Å². The fourth-order valence-electron chi connectivity index (χ4n) is 2.94. The Balaban J connectivity index is 1.99. The summed E-state index contributed by atoms with van der Waals surface area (Å²) in [6.45, 7) is 16.7. The third kappa shape index (κ3) is 3.96. The molecule has 0 saturated carbocycles. The smallest absolute Gasteiger partial charge is 0.185 e. The zero-order chi connectivity index (χ0) is 15.4. The number of aromatic nitrogens is 1. The molecule has 2 heterocycles. The molecule has 2 atom stereocenters. The highest BCUT2D eigenvalue weighted by atomic mass is 32.1. The van der Waals surface area contributed by atoms with Gasteiger partial charge in [0, 0.05) is 43.1 Å². The Labute approximate surface area is 133 Å². The number of anilines is 1. The van der Waals surface area contributed by atoms with Gasteiger partial charge in [-0.3, -0.25) is 4.90 Å². The van der Waals surface area contributed by atoms with Crippen LogP contribution in [-0.2, 0) is 0 Å². The van der Waals surface area contributed by atoms with Crippen LogP contribution >= 0.6 is 11.3 Å². The summed E-state index contributed by atoms with van der Waals surface area (Å²) < 4.78 is 0. The molecule has 0 bridgehead atoms. The van der Waals surface area contributed by atoms with E-state index in [-0.39, 0.29) is 0 Å². The first-order valence-electron chi connectivity index (χ1n) is 8.26. The van der Waals surface area contributed by atoms with Gasteiger partial charge in [-0.15, -0.1) is 11.3 Å². The molecule has 2 rings (SSSR count). The van der Waals surface area contributed by atoms with Crippen molar-refractivity contribution < 1.29 is 0 Å². The quantitative estimate of drug-likeness (QED) is 0.875. The number of rotatable bonds is 6. The first-order valence-corrected chi connectivity index (χ1v) is 9.08. The third-order valence-corrected chi connectivity index (χ3v) is 5.92. The van der Waals surface area contributed by atoms with E-state index in [1.54, 1.807) is 0 Å². The van der Waals surface area contributed by atoms with Crippen LogP contribution in [0.4, 0.5) is 5.13 Å². The van der Waals surface area contributed by atoms with Gasteiger partial charge in [-0.05, 0) is 33.7 Å². The van der Waals surface area contributed by atoms with Crippen LogP contribution < -0.4 is 10.2 Å². The molecule has 2 unspecified atom stereocenters. The van der Waals surface area contributed by atoms with Crippen molar-refractivity contribution in [2.45, 2.75) is 53.1 Å². The lowest BCUT2D eigenvalue weighted by Crippen LogP contribution is -2.49. The molecule has 0 aromatic carbocycles. The summed E-state index contributed by atoms with van der Waals surface area (Å²) >= 11 is 1.86. The average molecular weight is 311 g/mol. The van der Waals surface area contributed by atoms with Crippen molar-refractivity contribution in [1.82, 2.24) is 15.2 Å². The highest BCUT2D eigenvalue weighted by Crippen LogP contribution is 2.31. The van der Waals surface area contributed by atoms with Gasteiger partial charge in [0.1, 0.15) is 0 Å². The molecule has 1 N–H and O–H groups in total. The summed E-state index contributed by atoms with van der Waals surface area (Å²) in [5, 5.41) is 4.70. The normalized spacial score (nSPS) is 19.8. The van der Waals surface area contributed by atoms with Crippen LogP contribution in [0.1, 0.15) is 50.7 Å². The maximum atomic E-state index is 4.81. The van der Waals surface area contributed by atoms with Crippen LogP contribution in [0, 0.1) is 6.92 Å². The molecular formula is C16H30N4S. The minimum atomic E-state index is 0.405. The van der Waals surface area contributed by atoms with Gasteiger partial charge in [-0.1, -0.05) is 13.8 Å². The minimum absolute atomic E-state index is 0.405. The van der Waals surface area contributed by atoms with Gasteiger partial charge in [0.15, 0.2) is 5.13 Å². The number of hydrogen-bond donors (Lipinski definition) is 1. The van der Waals surface area contributed by atoms with Crippen molar-refractivity contribution in [3.05, 3.63) is 10.6 Å². The van der Waals surface area contributed by atoms with Crippen molar-refractivity contribution in [3.8, 4) is 0 Å². The monoisotopic (exact) mass is 310 g/mol. The molecule has 1 aliphatic heterocycles. The number of nitrogens with one attached hydrogen (secondary N) is 1. The molecule has 21 heavy (non-hydrogen) atoms. The van der Waals surface area contributed by atoms with E-state index in [0.717, 1.165) is 32.7 Å². The molecule has 1 aromatic heterocycles. The van der Waals surface area contributed by atoms with E-state index in [9.17, 15) is 0 Å². The molecule has 0 radical (unpaired) electrons. The Kier molecular flexibility index (Phi) is 6.02. The summed E-state index contributed by atoms with van der Waals surface area (Å²) in [4.78, 5) is 11.3. The molecule has 1 fully saturated rings. The third-order valence-electron chi connectivity index (χ3n) is 4.52. The van der Waals surface area contributed by atoms with Crippen molar-refractivity contribution in [2.24, 2.45) is 0 Å². The van der Waals surface area contributed by atoms with Crippen molar-refractivity contribution in [2.75, 3.05) is 37.6 Å². The Hall–Kier alpha value is -0.650. The maximum Gasteiger partial charge on any atom is 0.185 e. The second-order valence-corrected chi connectivity index (χ2v) is 7.01. The van der Waals surface area contributed by atoms with E-state index in [0.29, 0.717) is 12.1 Å². The largest absolute Gasteiger partial charge is 0.346 e. The molecule has 1 aliphatic rings. The van der Waals surface area contributed by atoms with Crippen molar-refractivity contribution in [1.29, 1.82) is 0 Å². The van der Waals surface area contributed by atoms with E-state index in [1.165, 1.54) is 22.1 Å². The van der Waals surface area contributed by atoms with Crippen LogP contribution in [-0.4, -0.2) is 48.6 Å². The Morgan fingerprint density at radius 1 is 1.19 bits per heavy atom. The van der Waals surface area contributed by atoms with Crippen molar-refractivity contribution >= 4 is 16.5 Å². The molecular weight excluding hydrogens is 280 g/mol. The Morgan fingerprint density at radius 3 is 2.43 bits per heavy atom. The number of aryl methyl sites for hydroxylation is 1. The molecule has 0 spiro atoms. The molecule has 5 heteroatoms. The van der Waals surface area contributed by atoms with Crippen LogP contribution in [0.5, 0.6) is 0 Å². The summed E-state index contributed by atoms with van der Waals surface area (Å²) in [7, 11) is 0. The molecule has 120 valence electrons. The topological polar surface area (TPSA) is 31.4 Å². The van der Waals surface area contributed by atoms with Gasteiger partial charge in [0.05, 0.1) is 5.69 Å². The number of nitrogens with zero attached hydrogens (tertiary/aromatic N) is 3. The fourth-order valence-corrected chi connectivity index (χ4v) is 4.09. The number of piperazine rings is 1. The lowest BCUT2D eigenvalue weighted by atomic mass is 10.2. The predicted octanol–water partition coefficient (Wildman–Crippen LogP) is 3.04. The second-order valence-electron chi connectivity index (χ2n) is 6.01. The average Bonchev–Trinajstić information content (AvgIpc) is 2.89. The summed E-state index contributed by atoms with van der Waals surface area (Å²) in [6, 6.07) is 1.11. The van der Waals surface area contributed by atoms with E-state index < -0.39 is 0 Å². The molecule has 4 nitrogen and oxygen atoms in total. The van der Waals surface area contributed by atoms with Gasteiger partial charge in [-0.25, -0.2) is 4.98 Å². The second kappa shape index (κ2) is 7.56. The van der Waals surface area contributed by atoms with Gasteiger partial charge in [0.25, 0.3) is 0 Å². The SMILES string of the molecule is CCNC(C)c1sc(N2CCN(C(C)CC)CC2)nc1C.